The minimum atomic E-state index is -0.996. The first-order valence-electron chi connectivity index (χ1n) is 5.88. The zero-order chi connectivity index (χ0) is 13.8. The van der Waals surface area contributed by atoms with Crippen molar-refractivity contribution in [3.63, 3.8) is 0 Å². The topological polar surface area (TPSA) is 86.7 Å². The van der Waals surface area contributed by atoms with Crippen LogP contribution in [0.5, 0.6) is 0 Å². The van der Waals surface area contributed by atoms with Gasteiger partial charge in [0.25, 0.3) is 5.91 Å². The third kappa shape index (κ3) is 1.46. The van der Waals surface area contributed by atoms with E-state index in [-0.39, 0.29) is 11.5 Å². The number of nitrogens with zero attached hydrogens (tertiary/aromatic N) is 1. The van der Waals surface area contributed by atoms with Gasteiger partial charge in [0.2, 0.25) is 0 Å². The molecule has 0 radical (unpaired) electrons. The van der Waals surface area contributed by atoms with Gasteiger partial charge in [-0.15, -0.1) is 0 Å². The number of amides is 3. The van der Waals surface area contributed by atoms with E-state index in [4.69, 9.17) is 5.11 Å². The zero-order valence-electron chi connectivity index (χ0n) is 10.3. The molecule has 1 spiro atoms. The number of nitrogens with one attached hydrogen (secondary N) is 1. The first kappa shape index (κ1) is 11.7. The Bertz CT molecular complexity index is 625. The summed E-state index contributed by atoms with van der Waals surface area (Å²) in [7, 11) is 1.59. The van der Waals surface area contributed by atoms with E-state index in [0.29, 0.717) is 12.8 Å². The van der Waals surface area contributed by atoms with Gasteiger partial charge in [-0.2, -0.15) is 0 Å². The molecule has 3 amide bonds. The van der Waals surface area contributed by atoms with E-state index < -0.39 is 17.5 Å². The second-order valence-electron chi connectivity index (χ2n) is 4.99. The van der Waals surface area contributed by atoms with Crippen LogP contribution in [-0.4, -0.2) is 40.5 Å². The van der Waals surface area contributed by atoms with Gasteiger partial charge < -0.3 is 10.0 Å². The van der Waals surface area contributed by atoms with Crippen molar-refractivity contribution in [2.24, 2.45) is 0 Å². The predicted octanol–water partition coefficient (Wildman–Crippen LogP) is 0.404. The summed E-state index contributed by atoms with van der Waals surface area (Å²) < 4.78 is 0. The van der Waals surface area contributed by atoms with E-state index in [1.807, 2.05) is 0 Å². The Labute approximate surface area is 109 Å². The number of fused-ring (bicyclic) bond motifs is 1. The number of benzene rings is 1. The number of carbonyl (C=O) groups is 3. The van der Waals surface area contributed by atoms with Gasteiger partial charge in [-0.25, -0.2) is 9.59 Å². The first-order valence-corrected chi connectivity index (χ1v) is 5.88. The summed E-state index contributed by atoms with van der Waals surface area (Å²) in [5, 5.41) is 11.3. The number of imide groups is 1. The molecule has 0 bridgehead atoms. The Balaban J connectivity index is 2.02. The number of carboxylic acid groups (broad SMARTS) is 1. The molecule has 1 fully saturated rings. The number of urea groups is 1. The summed E-state index contributed by atoms with van der Waals surface area (Å²) in [6, 6.07) is 4.42. The standard InChI is InChI=1S/C13H12N2O4/c1-15-12(19)14-11(18)13(15)5-8-3-2-7(10(16)17)4-9(8)6-13/h2-4H,5-6H2,1H3,(H,16,17)(H,14,18,19)/t13-/m0/s1. The summed E-state index contributed by atoms with van der Waals surface area (Å²) in [6.07, 6.45) is 0.786. The van der Waals surface area contributed by atoms with Crippen molar-refractivity contribution in [2.75, 3.05) is 7.05 Å². The Kier molecular flexibility index (Phi) is 2.20. The molecule has 1 atom stereocenters. The Morgan fingerprint density at radius 2 is 2.00 bits per heavy atom. The van der Waals surface area contributed by atoms with Crippen LogP contribution in [0.4, 0.5) is 4.79 Å². The van der Waals surface area contributed by atoms with Gasteiger partial charge in [-0.3, -0.25) is 10.1 Å². The average molecular weight is 260 g/mol. The lowest BCUT2D eigenvalue weighted by atomic mass is 9.95. The van der Waals surface area contributed by atoms with Gasteiger partial charge in [0.15, 0.2) is 0 Å². The Hall–Kier alpha value is -2.37. The maximum absolute atomic E-state index is 12.0. The smallest absolute Gasteiger partial charge is 0.335 e. The SMILES string of the molecule is CN1C(=O)NC(=O)[C@@]12Cc1ccc(C(=O)O)cc1C2. The molecule has 1 aliphatic heterocycles. The lowest BCUT2D eigenvalue weighted by molar-refractivity contribution is -0.125. The van der Waals surface area contributed by atoms with Crippen molar-refractivity contribution in [3.8, 4) is 0 Å². The second kappa shape index (κ2) is 3.57. The summed E-state index contributed by atoms with van der Waals surface area (Å²) in [4.78, 5) is 36.0. The van der Waals surface area contributed by atoms with Crippen LogP contribution < -0.4 is 5.32 Å². The third-order valence-corrected chi connectivity index (χ3v) is 4.01. The van der Waals surface area contributed by atoms with Gasteiger partial charge in [0, 0.05) is 19.9 Å². The summed E-state index contributed by atoms with van der Waals surface area (Å²) >= 11 is 0. The number of rotatable bonds is 1. The monoisotopic (exact) mass is 260 g/mol. The molecule has 1 heterocycles. The highest BCUT2D eigenvalue weighted by molar-refractivity contribution is 6.07. The van der Waals surface area contributed by atoms with Gasteiger partial charge in [-0.1, -0.05) is 6.07 Å². The van der Waals surface area contributed by atoms with Gasteiger partial charge in [0.05, 0.1) is 5.56 Å². The molecule has 19 heavy (non-hydrogen) atoms. The van der Waals surface area contributed by atoms with Crippen LogP contribution in [0, 0.1) is 0 Å². The molecule has 2 N–H and O–H groups in total. The largest absolute Gasteiger partial charge is 0.478 e. The van der Waals surface area contributed by atoms with Crippen LogP contribution in [0.15, 0.2) is 18.2 Å². The van der Waals surface area contributed by atoms with Gasteiger partial charge in [-0.05, 0) is 23.3 Å². The lowest BCUT2D eigenvalue weighted by Crippen LogP contribution is -2.48. The molecule has 1 aromatic carbocycles. The first-order chi connectivity index (χ1) is 8.94. The lowest BCUT2D eigenvalue weighted by Gasteiger charge is -2.27. The fourth-order valence-electron chi connectivity index (χ4n) is 2.83. The zero-order valence-corrected chi connectivity index (χ0v) is 10.3. The highest BCUT2D eigenvalue weighted by atomic mass is 16.4. The molecule has 1 aromatic rings. The van der Waals surface area contributed by atoms with Crippen molar-refractivity contribution in [2.45, 2.75) is 18.4 Å². The maximum atomic E-state index is 12.0. The maximum Gasteiger partial charge on any atom is 0.335 e. The third-order valence-electron chi connectivity index (χ3n) is 4.01. The number of carboxylic acids is 1. The molecule has 6 heteroatoms. The quantitative estimate of drug-likeness (QED) is 0.716. The second-order valence-corrected chi connectivity index (χ2v) is 4.99. The predicted molar refractivity (Wildman–Crippen MR) is 64.8 cm³/mol. The minimum absolute atomic E-state index is 0.197. The van der Waals surface area contributed by atoms with Crippen molar-refractivity contribution in [3.05, 3.63) is 34.9 Å². The van der Waals surface area contributed by atoms with E-state index in [1.165, 1.54) is 11.0 Å². The van der Waals surface area contributed by atoms with E-state index >= 15 is 0 Å². The number of hydrogen-bond donors (Lipinski definition) is 2. The van der Waals surface area contributed by atoms with Crippen molar-refractivity contribution < 1.29 is 19.5 Å². The fraction of sp³-hybridized carbons (Fsp3) is 0.308. The molecule has 0 unspecified atom stereocenters. The normalized spacial score (nSPS) is 24.8. The Morgan fingerprint density at radius 3 is 2.58 bits per heavy atom. The van der Waals surface area contributed by atoms with Crippen molar-refractivity contribution in [1.29, 1.82) is 0 Å². The van der Waals surface area contributed by atoms with E-state index in [2.05, 4.69) is 5.32 Å². The summed E-state index contributed by atoms with van der Waals surface area (Å²) in [5.74, 6) is -1.31. The van der Waals surface area contributed by atoms with E-state index in [0.717, 1.165) is 11.1 Å². The van der Waals surface area contributed by atoms with Gasteiger partial charge in [0.1, 0.15) is 5.54 Å². The average Bonchev–Trinajstić information content (AvgIpc) is 2.84. The fourth-order valence-corrected chi connectivity index (χ4v) is 2.83. The van der Waals surface area contributed by atoms with Crippen molar-refractivity contribution in [1.82, 2.24) is 10.2 Å². The number of aromatic carboxylic acids is 1. The van der Waals surface area contributed by atoms with Gasteiger partial charge >= 0.3 is 12.0 Å². The molecule has 3 rings (SSSR count). The summed E-state index contributed by atoms with van der Waals surface area (Å²) in [6.45, 7) is 0. The highest BCUT2D eigenvalue weighted by Crippen LogP contribution is 2.37. The molecule has 0 aromatic heterocycles. The van der Waals surface area contributed by atoms with Crippen LogP contribution in [0.2, 0.25) is 0 Å². The number of carbonyl (C=O) groups excluding carboxylic acids is 2. The van der Waals surface area contributed by atoms with Crippen molar-refractivity contribution >= 4 is 17.9 Å². The molecule has 1 aliphatic carbocycles. The van der Waals surface area contributed by atoms with E-state index in [9.17, 15) is 14.4 Å². The molecule has 6 nitrogen and oxygen atoms in total. The molecular formula is C13H12N2O4. The Morgan fingerprint density at radius 1 is 1.32 bits per heavy atom. The van der Waals surface area contributed by atoms with Crippen LogP contribution in [0.25, 0.3) is 0 Å². The van der Waals surface area contributed by atoms with Crippen LogP contribution in [0.3, 0.4) is 0 Å². The van der Waals surface area contributed by atoms with Crippen LogP contribution in [0.1, 0.15) is 21.5 Å². The molecule has 98 valence electrons. The minimum Gasteiger partial charge on any atom is -0.478 e. The van der Waals surface area contributed by atoms with Crippen LogP contribution >= 0.6 is 0 Å². The van der Waals surface area contributed by atoms with E-state index in [1.54, 1.807) is 19.2 Å². The number of likely N-dealkylation sites (N-methyl/N-ethyl adjacent to an activating group) is 1. The molecular weight excluding hydrogens is 248 g/mol. The summed E-state index contributed by atoms with van der Waals surface area (Å²) in [5.41, 5.74) is 1.04. The van der Waals surface area contributed by atoms with Crippen LogP contribution in [-0.2, 0) is 17.6 Å². The highest BCUT2D eigenvalue weighted by Gasteiger charge is 2.54. The molecule has 0 saturated carbocycles. The molecule has 1 saturated heterocycles. The molecule has 2 aliphatic rings. The number of hydrogen-bond acceptors (Lipinski definition) is 3.